The highest BCUT2D eigenvalue weighted by Crippen LogP contribution is 2.24. The van der Waals surface area contributed by atoms with Crippen molar-refractivity contribution in [3.05, 3.63) is 48.0 Å². The lowest BCUT2D eigenvalue weighted by Gasteiger charge is -2.35. The average molecular weight is 388 g/mol. The summed E-state index contributed by atoms with van der Waals surface area (Å²) >= 11 is 0. The van der Waals surface area contributed by atoms with Crippen LogP contribution in [-0.4, -0.2) is 60.9 Å². The van der Waals surface area contributed by atoms with Gasteiger partial charge in [0.1, 0.15) is 0 Å². The Balaban J connectivity index is 0.00000210. The third kappa shape index (κ3) is 4.09. The van der Waals surface area contributed by atoms with Gasteiger partial charge in [-0.05, 0) is 29.7 Å². The van der Waals surface area contributed by atoms with Gasteiger partial charge >= 0.3 is 0 Å². The molecule has 5 nitrogen and oxygen atoms in total. The first kappa shape index (κ1) is 19.6. The third-order valence-electron chi connectivity index (χ3n) is 5.58. The van der Waals surface area contributed by atoms with Gasteiger partial charge in [0.05, 0.1) is 0 Å². The van der Waals surface area contributed by atoms with E-state index in [9.17, 15) is 9.59 Å². The average Bonchev–Trinajstić information content (AvgIpc) is 2.73. The molecule has 6 heteroatoms. The Bertz CT molecular complexity index is 807. The molecule has 0 spiro atoms. The predicted molar refractivity (Wildman–Crippen MR) is 109 cm³/mol. The molecule has 0 aromatic heterocycles. The van der Waals surface area contributed by atoms with Crippen molar-refractivity contribution >= 4 is 35.0 Å². The van der Waals surface area contributed by atoms with Crippen molar-refractivity contribution in [2.45, 2.75) is 12.8 Å². The Labute approximate surface area is 166 Å². The van der Waals surface area contributed by atoms with Crippen molar-refractivity contribution in [3.8, 4) is 0 Å². The molecular weight excluding hydrogens is 362 g/mol. The van der Waals surface area contributed by atoms with Gasteiger partial charge in [-0.1, -0.05) is 36.4 Å². The highest BCUT2D eigenvalue weighted by molar-refractivity contribution is 6.07. The Morgan fingerprint density at radius 2 is 1.52 bits per heavy atom. The number of likely N-dealkylation sites (tertiary alicyclic amines) is 1. The summed E-state index contributed by atoms with van der Waals surface area (Å²) in [5.74, 6) is 0.406. The summed E-state index contributed by atoms with van der Waals surface area (Å²) < 4.78 is 0. The molecule has 2 aromatic carbocycles. The van der Waals surface area contributed by atoms with Crippen LogP contribution < -0.4 is 5.32 Å². The van der Waals surface area contributed by atoms with Crippen molar-refractivity contribution in [1.82, 2.24) is 15.1 Å². The lowest BCUT2D eigenvalue weighted by Crippen LogP contribution is -2.50. The van der Waals surface area contributed by atoms with Gasteiger partial charge in [-0.15, -0.1) is 12.4 Å². The zero-order valence-corrected chi connectivity index (χ0v) is 16.2. The zero-order chi connectivity index (χ0) is 17.9. The quantitative estimate of drug-likeness (QED) is 0.861. The van der Waals surface area contributed by atoms with Crippen LogP contribution in [-0.2, 0) is 4.79 Å². The SMILES string of the molecule is Cl.O=C(c1cccc2ccccc12)N1CCC(C(=O)N2CCNCC2)CC1. The van der Waals surface area contributed by atoms with E-state index in [0.29, 0.717) is 13.1 Å². The summed E-state index contributed by atoms with van der Waals surface area (Å²) in [6.07, 6.45) is 1.53. The molecule has 2 heterocycles. The number of halogens is 1. The van der Waals surface area contributed by atoms with Crippen LogP contribution in [0.5, 0.6) is 0 Å². The first-order chi connectivity index (χ1) is 12.7. The molecule has 0 saturated carbocycles. The number of fused-ring (bicyclic) bond motifs is 1. The van der Waals surface area contributed by atoms with Gasteiger partial charge in [0.2, 0.25) is 5.91 Å². The van der Waals surface area contributed by atoms with E-state index >= 15 is 0 Å². The summed E-state index contributed by atoms with van der Waals surface area (Å²) in [6, 6.07) is 13.9. The summed E-state index contributed by atoms with van der Waals surface area (Å²) in [6.45, 7) is 4.67. The maximum absolute atomic E-state index is 13.0. The Morgan fingerprint density at radius 1 is 0.852 bits per heavy atom. The number of carbonyl (C=O) groups is 2. The molecule has 0 unspecified atom stereocenters. The van der Waals surface area contributed by atoms with E-state index in [-0.39, 0.29) is 30.1 Å². The van der Waals surface area contributed by atoms with E-state index < -0.39 is 0 Å². The Morgan fingerprint density at radius 3 is 2.26 bits per heavy atom. The lowest BCUT2D eigenvalue weighted by molar-refractivity contribution is -0.137. The van der Waals surface area contributed by atoms with Crippen LogP contribution in [0.3, 0.4) is 0 Å². The summed E-state index contributed by atoms with van der Waals surface area (Å²) in [7, 11) is 0. The molecule has 2 fully saturated rings. The molecule has 1 N–H and O–H groups in total. The molecule has 0 atom stereocenters. The van der Waals surface area contributed by atoms with Crippen molar-refractivity contribution in [2.24, 2.45) is 5.92 Å². The lowest BCUT2D eigenvalue weighted by atomic mass is 9.94. The number of hydrogen-bond donors (Lipinski definition) is 1. The second-order valence-corrected chi connectivity index (χ2v) is 7.17. The minimum atomic E-state index is 0. The molecule has 0 aliphatic carbocycles. The number of benzene rings is 2. The molecule has 27 heavy (non-hydrogen) atoms. The minimum Gasteiger partial charge on any atom is -0.340 e. The second-order valence-electron chi connectivity index (χ2n) is 7.17. The number of piperazine rings is 1. The maximum Gasteiger partial charge on any atom is 0.254 e. The van der Waals surface area contributed by atoms with Gasteiger partial charge in [0.25, 0.3) is 5.91 Å². The molecule has 2 saturated heterocycles. The van der Waals surface area contributed by atoms with Crippen molar-refractivity contribution in [2.75, 3.05) is 39.3 Å². The monoisotopic (exact) mass is 387 g/mol. The number of piperidine rings is 1. The first-order valence-corrected chi connectivity index (χ1v) is 9.50. The summed E-state index contributed by atoms with van der Waals surface area (Å²) in [4.78, 5) is 29.6. The van der Waals surface area contributed by atoms with Crippen LogP contribution in [0.4, 0.5) is 0 Å². The van der Waals surface area contributed by atoms with E-state index in [1.165, 1.54) is 0 Å². The predicted octanol–water partition coefficient (Wildman–Crippen LogP) is 2.55. The molecule has 2 amide bonds. The number of rotatable bonds is 2. The van der Waals surface area contributed by atoms with Crippen LogP contribution in [0.2, 0.25) is 0 Å². The Hall–Kier alpha value is -2.11. The van der Waals surface area contributed by atoms with Gasteiger partial charge in [-0.25, -0.2) is 0 Å². The van der Waals surface area contributed by atoms with E-state index in [0.717, 1.165) is 55.4 Å². The molecular formula is C21H26ClN3O2. The number of nitrogens with zero attached hydrogens (tertiary/aromatic N) is 2. The van der Waals surface area contributed by atoms with Crippen LogP contribution in [0, 0.1) is 5.92 Å². The van der Waals surface area contributed by atoms with Crippen molar-refractivity contribution in [3.63, 3.8) is 0 Å². The summed E-state index contributed by atoms with van der Waals surface area (Å²) in [5, 5.41) is 5.36. The first-order valence-electron chi connectivity index (χ1n) is 9.50. The fourth-order valence-electron chi connectivity index (χ4n) is 4.06. The summed E-state index contributed by atoms with van der Waals surface area (Å²) in [5.41, 5.74) is 0.759. The third-order valence-corrected chi connectivity index (χ3v) is 5.58. The molecule has 0 radical (unpaired) electrons. The molecule has 2 aliphatic heterocycles. The van der Waals surface area contributed by atoms with Gasteiger partial charge in [0, 0.05) is 50.7 Å². The number of carbonyl (C=O) groups excluding carboxylic acids is 2. The van der Waals surface area contributed by atoms with Crippen molar-refractivity contribution in [1.29, 1.82) is 0 Å². The smallest absolute Gasteiger partial charge is 0.254 e. The van der Waals surface area contributed by atoms with Crippen LogP contribution >= 0.6 is 12.4 Å². The van der Waals surface area contributed by atoms with Gasteiger partial charge in [-0.2, -0.15) is 0 Å². The molecule has 4 rings (SSSR count). The Kier molecular flexibility index (Phi) is 6.34. The van der Waals surface area contributed by atoms with Gasteiger partial charge < -0.3 is 15.1 Å². The number of hydrogen-bond acceptors (Lipinski definition) is 3. The number of amides is 2. The van der Waals surface area contributed by atoms with E-state index in [4.69, 9.17) is 0 Å². The fourth-order valence-corrected chi connectivity index (χ4v) is 4.06. The normalized spacial score (nSPS) is 18.2. The highest BCUT2D eigenvalue weighted by atomic mass is 35.5. The topological polar surface area (TPSA) is 52.7 Å². The van der Waals surface area contributed by atoms with Crippen LogP contribution in [0.15, 0.2) is 42.5 Å². The van der Waals surface area contributed by atoms with E-state index in [2.05, 4.69) is 5.32 Å². The van der Waals surface area contributed by atoms with Gasteiger partial charge in [-0.3, -0.25) is 9.59 Å². The molecule has 2 aromatic rings. The molecule has 2 aliphatic rings. The van der Waals surface area contributed by atoms with Gasteiger partial charge in [0.15, 0.2) is 0 Å². The van der Waals surface area contributed by atoms with E-state index in [1.807, 2.05) is 52.3 Å². The van der Waals surface area contributed by atoms with Crippen molar-refractivity contribution < 1.29 is 9.59 Å². The minimum absolute atomic E-state index is 0. The molecule has 0 bridgehead atoms. The largest absolute Gasteiger partial charge is 0.340 e. The zero-order valence-electron chi connectivity index (χ0n) is 15.4. The number of nitrogens with one attached hydrogen (secondary N) is 1. The fraction of sp³-hybridized carbons (Fsp3) is 0.429. The standard InChI is InChI=1S/C21H25N3O2.ClH/c25-20(24-14-10-22-11-15-24)17-8-12-23(13-9-17)21(26)19-7-3-5-16-4-1-2-6-18(16)19;/h1-7,17,22H,8-15H2;1H. The molecule has 144 valence electrons. The second kappa shape index (κ2) is 8.72. The van der Waals surface area contributed by atoms with E-state index in [1.54, 1.807) is 0 Å². The van der Waals surface area contributed by atoms with Crippen LogP contribution in [0.25, 0.3) is 10.8 Å². The maximum atomic E-state index is 13.0. The highest BCUT2D eigenvalue weighted by Gasteiger charge is 2.31. The van der Waals surface area contributed by atoms with Crippen LogP contribution in [0.1, 0.15) is 23.2 Å².